The van der Waals surface area contributed by atoms with Crippen molar-refractivity contribution in [2.45, 2.75) is 50.4 Å². The summed E-state index contributed by atoms with van der Waals surface area (Å²) >= 11 is 0. The maximum atomic E-state index is 12.5. The van der Waals surface area contributed by atoms with Gasteiger partial charge in [0, 0.05) is 44.6 Å². The number of rotatable bonds is 5. The molecule has 1 aromatic heterocycles. The summed E-state index contributed by atoms with van der Waals surface area (Å²) in [5.74, 6) is 2.44. The van der Waals surface area contributed by atoms with Gasteiger partial charge in [0.25, 0.3) is 0 Å². The van der Waals surface area contributed by atoms with Crippen LogP contribution >= 0.6 is 0 Å². The molecule has 2 fully saturated rings. The number of amides is 1. The quantitative estimate of drug-likeness (QED) is 0.809. The third-order valence-electron chi connectivity index (χ3n) is 5.71. The Hall–Kier alpha value is -2.21. The Balaban J connectivity index is 1.26. The molecule has 0 saturated carbocycles. The van der Waals surface area contributed by atoms with Gasteiger partial charge in [0.05, 0.1) is 0 Å². The second-order valence-electron chi connectivity index (χ2n) is 7.52. The predicted molar refractivity (Wildman–Crippen MR) is 100 cm³/mol. The van der Waals surface area contributed by atoms with Crippen molar-refractivity contribution in [3.05, 3.63) is 47.6 Å². The number of carbonyl (C=O) groups is 1. The Labute approximate surface area is 159 Å². The largest absolute Gasteiger partial charge is 0.381 e. The molecular weight excluding hydrogens is 342 g/mol. The number of hydrogen-bond donors (Lipinski definition) is 0. The van der Waals surface area contributed by atoms with Crippen LogP contribution in [0, 0.1) is 0 Å². The zero-order chi connectivity index (χ0) is 18.5. The van der Waals surface area contributed by atoms with E-state index in [4.69, 9.17) is 9.26 Å². The summed E-state index contributed by atoms with van der Waals surface area (Å²) in [5.41, 5.74) is 1.22. The SMILES string of the molecule is O=C(CCc1ccccc1)N1CCC(c2nc(C3CCOCC3)no2)CC1. The number of aromatic nitrogens is 2. The lowest BCUT2D eigenvalue weighted by atomic mass is 9.96. The normalized spacial score (nSPS) is 19.3. The Morgan fingerprint density at radius 1 is 1.04 bits per heavy atom. The topological polar surface area (TPSA) is 68.5 Å². The highest BCUT2D eigenvalue weighted by atomic mass is 16.5. The molecule has 6 heteroatoms. The average molecular weight is 369 g/mol. The molecular formula is C21H27N3O3. The van der Waals surface area contributed by atoms with Crippen LogP contribution < -0.4 is 0 Å². The monoisotopic (exact) mass is 369 g/mol. The molecule has 4 rings (SSSR count). The van der Waals surface area contributed by atoms with Gasteiger partial charge in [-0.3, -0.25) is 4.79 Å². The molecule has 2 aromatic rings. The average Bonchev–Trinajstić information content (AvgIpc) is 3.24. The van der Waals surface area contributed by atoms with Crippen molar-refractivity contribution in [3.63, 3.8) is 0 Å². The van der Waals surface area contributed by atoms with E-state index in [-0.39, 0.29) is 11.8 Å². The maximum Gasteiger partial charge on any atom is 0.229 e. The molecule has 0 atom stereocenters. The van der Waals surface area contributed by atoms with Crippen LogP contribution in [-0.2, 0) is 16.0 Å². The minimum absolute atomic E-state index is 0.241. The number of aryl methyl sites for hydroxylation is 1. The van der Waals surface area contributed by atoms with Crippen molar-refractivity contribution in [2.75, 3.05) is 26.3 Å². The van der Waals surface area contributed by atoms with Gasteiger partial charge in [0.15, 0.2) is 5.82 Å². The summed E-state index contributed by atoms with van der Waals surface area (Å²) in [4.78, 5) is 19.1. The Bertz CT molecular complexity index is 732. The number of hydrogen-bond acceptors (Lipinski definition) is 5. The van der Waals surface area contributed by atoms with Crippen molar-refractivity contribution in [2.24, 2.45) is 0 Å². The van der Waals surface area contributed by atoms with E-state index in [2.05, 4.69) is 22.3 Å². The summed E-state index contributed by atoms with van der Waals surface area (Å²) in [6.07, 6.45) is 5.10. The van der Waals surface area contributed by atoms with E-state index in [1.165, 1.54) is 5.56 Å². The molecule has 1 amide bonds. The lowest BCUT2D eigenvalue weighted by Crippen LogP contribution is -2.38. The summed E-state index contributed by atoms with van der Waals surface area (Å²) in [6.45, 7) is 3.09. The lowest BCUT2D eigenvalue weighted by molar-refractivity contribution is -0.132. The number of likely N-dealkylation sites (tertiary alicyclic amines) is 1. The molecule has 144 valence electrons. The molecule has 2 aliphatic heterocycles. The van der Waals surface area contributed by atoms with E-state index in [1.54, 1.807) is 0 Å². The fourth-order valence-electron chi connectivity index (χ4n) is 3.96. The first-order valence-electron chi connectivity index (χ1n) is 10.0. The van der Waals surface area contributed by atoms with E-state index in [9.17, 15) is 4.79 Å². The molecule has 0 radical (unpaired) electrons. The van der Waals surface area contributed by atoms with Crippen molar-refractivity contribution in [1.82, 2.24) is 15.0 Å². The Morgan fingerprint density at radius 2 is 1.78 bits per heavy atom. The standard InChI is InChI=1S/C21H27N3O3/c25-19(7-6-16-4-2-1-3-5-16)24-12-8-18(9-13-24)21-22-20(23-27-21)17-10-14-26-15-11-17/h1-5,17-18H,6-15H2. The molecule has 0 N–H and O–H groups in total. The van der Waals surface area contributed by atoms with E-state index in [0.29, 0.717) is 12.3 Å². The number of ether oxygens (including phenoxy) is 1. The van der Waals surface area contributed by atoms with Crippen LogP contribution in [0.4, 0.5) is 0 Å². The van der Waals surface area contributed by atoms with Gasteiger partial charge in [-0.15, -0.1) is 0 Å². The molecule has 27 heavy (non-hydrogen) atoms. The fraction of sp³-hybridized carbons (Fsp3) is 0.571. The predicted octanol–water partition coefficient (Wildman–Crippen LogP) is 3.30. The van der Waals surface area contributed by atoms with Gasteiger partial charge in [-0.25, -0.2) is 0 Å². The third kappa shape index (κ3) is 4.56. The van der Waals surface area contributed by atoms with E-state index >= 15 is 0 Å². The van der Waals surface area contributed by atoms with Gasteiger partial charge in [-0.05, 0) is 37.7 Å². The van der Waals surface area contributed by atoms with E-state index in [0.717, 1.165) is 70.1 Å². The van der Waals surface area contributed by atoms with Crippen molar-refractivity contribution >= 4 is 5.91 Å². The fourth-order valence-corrected chi connectivity index (χ4v) is 3.96. The maximum absolute atomic E-state index is 12.5. The zero-order valence-corrected chi connectivity index (χ0v) is 15.7. The summed E-state index contributed by atoms with van der Waals surface area (Å²) in [7, 11) is 0. The smallest absolute Gasteiger partial charge is 0.229 e. The van der Waals surface area contributed by atoms with Gasteiger partial charge in [-0.1, -0.05) is 35.5 Å². The molecule has 6 nitrogen and oxygen atoms in total. The number of carbonyl (C=O) groups excluding carboxylic acids is 1. The minimum Gasteiger partial charge on any atom is -0.381 e. The van der Waals surface area contributed by atoms with Gasteiger partial charge in [-0.2, -0.15) is 4.98 Å². The number of piperidine rings is 1. The van der Waals surface area contributed by atoms with Crippen LogP contribution in [0.2, 0.25) is 0 Å². The van der Waals surface area contributed by atoms with Crippen molar-refractivity contribution in [1.29, 1.82) is 0 Å². The van der Waals surface area contributed by atoms with Crippen LogP contribution in [0.25, 0.3) is 0 Å². The first-order valence-corrected chi connectivity index (χ1v) is 10.0. The summed E-state index contributed by atoms with van der Waals surface area (Å²) in [6, 6.07) is 10.2. The highest BCUT2D eigenvalue weighted by Gasteiger charge is 2.29. The second kappa shape index (κ2) is 8.65. The van der Waals surface area contributed by atoms with Crippen molar-refractivity contribution < 1.29 is 14.1 Å². The van der Waals surface area contributed by atoms with Gasteiger partial charge >= 0.3 is 0 Å². The van der Waals surface area contributed by atoms with Crippen LogP contribution in [0.15, 0.2) is 34.9 Å². The minimum atomic E-state index is 0.241. The molecule has 2 aliphatic rings. The molecule has 3 heterocycles. The van der Waals surface area contributed by atoms with Gasteiger partial charge < -0.3 is 14.2 Å². The molecule has 0 aliphatic carbocycles. The summed E-state index contributed by atoms with van der Waals surface area (Å²) in [5, 5.41) is 4.21. The molecule has 1 aromatic carbocycles. The molecule has 0 unspecified atom stereocenters. The van der Waals surface area contributed by atoms with Crippen molar-refractivity contribution in [3.8, 4) is 0 Å². The lowest BCUT2D eigenvalue weighted by Gasteiger charge is -2.30. The Morgan fingerprint density at radius 3 is 2.52 bits per heavy atom. The molecule has 2 saturated heterocycles. The highest BCUT2D eigenvalue weighted by molar-refractivity contribution is 5.76. The zero-order valence-electron chi connectivity index (χ0n) is 15.7. The van der Waals surface area contributed by atoms with Crippen LogP contribution in [0.1, 0.15) is 61.2 Å². The van der Waals surface area contributed by atoms with Gasteiger partial charge in [0.2, 0.25) is 11.8 Å². The first-order chi connectivity index (χ1) is 13.3. The van der Waals surface area contributed by atoms with E-state index < -0.39 is 0 Å². The van der Waals surface area contributed by atoms with Crippen LogP contribution in [0.5, 0.6) is 0 Å². The number of benzene rings is 1. The first kappa shape index (κ1) is 18.2. The third-order valence-corrected chi connectivity index (χ3v) is 5.71. The van der Waals surface area contributed by atoms with Crippen LogP contribution in [-0.4, -0.2) is 47.3 Å². The molecule has 0 bridgehead atoms. The van der Waals surface area contributed by atoms with Crippen LogP contribution in [0.3, 0.4) is 0 Å². The van der Waals surface area contributed by atoms with Gasteiger partial charge in [0.1, 0.15) is 0 Å². The second-order valence-corrected chi connectivity index (χ2v) is 7.52. The summed E-state index contributed by atoms with van der Waals surface area (Å²) < 4.78 is 11.0. The number of nitrogens with zero attached hydrogens (tertiary/aromatic N) is 3. The Kier molecular flexibility index (Phi) is 5.82. The highest BCUT2D eigenvalue weighted by Crippen LogP contribution is 2.30. The molecule has 0 spiro atoms. The van der Waals surface area contributed by atoms with E-state index in [1.807, 2.05) is 23.1 Å².